The summed E-state index contributed by atoms with van der Waals surface area (Å²) in [7, 11) is 0. The lowest BCUT2D eigenvalue weighted by atomic mass is 9.99. The summed E-state index contributed by atoms with van der Waals surface area (Å²) in [6, 6.07) is 1.79. The Balaban J connectivity index is 2.13. The highest BCUT2D eigenvalue weighted by molar-refractivity contribution is 5.93. The molecule has 1 aliphatic rings. The van der Waals surface area contributed by atoms with Crippen molar-refractivity contribution >= 4 is 11.9 Å². The van der Waals surface area contributed by atoms with E-state index in [0.29, 0.717) is 6.20 Å². The van der Waals surface area contributed by atoms with Gasteiger partial charge in [-0.2, -0.15) is 13.2 Å². The van der Waals surface area contributed by atoms with Crippen LogP contribution in [0.4, 0.5) is 13.2 Å². The van der Waals surface area contributed by atoms with Gasteiger partial charge < -0.3 is 10.0 Å². The number of hydrogen-bond acceptors (Lipinski definition) is 3. The number of aromatic nitrogens is 1. The molecule has 1 fully saturated rings. The summed E-state index contributed by atoms with van der Waals surface area (Å²) in [6.45, 7) is 2.00. The SMILES string of the molecule is C[C@@H]1CN(C(=O)c2ccc(C(F)(F)F)cn2)C[C@H]1C(=O)O. The summed E-state index contributed by atoms with van der Waals surface area (Å²) in [5.41, 5.74) is -1.06. The molecule has 0 radical (unpaired) electrons. The van der Waals surface area contributed by atoms with Gasteiger partial charge in [0.1, 0.15) is 5.69 Å². The van der Waals surface area contributed by atoms with Crippen LogP contribution in [0.15, 0.2) is 18.3 Å². The number of likely N-dealkylation sites (tertiary alicyclic amines) is 1. The number of pyridine rings is 1. The third kappa shape index (κ3) is 3.14. The van der Waals surface area contributed by atoms with Crippen molar-refractivity contribution in [3.05, 3.63) is 29.6 Å². The third-order valence-electron chi connectivity index (χ3n) is 3.53. The maximum Gasteiger partial charge on any atom is 0.417 e. The number of halogens is 3. The molecule has 0 aromatic carbocycles. The van der Waals surface area contributed by atoms with Crippen LogP contribution in [-0.4, -0.2) is 40.0 Å². The molecule has 8 heteroatoms. The minimum absolute atomic E-state index is 0.0397. The van der Waals surface area contributed by atoms with Gasteiger partial charge >= 0.3 is 12.1 Å². The Bertz CT molecular complexity index is 557. The van der Waals surface area contributed by atoms with E-state index in [1.165, 1.54) is 4.90 Å². The number of carboxylic acid groups (broad SMARTS) is 1. The average Bonchev–Trinajstić information content (AvgIpc) is 2.79. The Morgan fingerprint density at radius 3 is 2.43 bits per heavy atom. The minimum Gasteiger partial charge on any atom is -0.481 e. The van der Waals surface area contributed by atoms with E-state index >= 15 is 0 Å². The summed E-state index contributed by atoms with van der Waals surface area (Å²) in [5.74, 6) is -2.42. The van der Waals surface area contributed by atoms with Crippen molar-refractivity contribution in [2.24, 2.45) is 11.8 Å². The molecule has 1 aromatic rings. The van der Waals surface area contributed by atoms with E-state index in [9.17, 15) is 22.8 Å². The molecule has 0 saturated carbocycles. The largest absolute Gasteiger partial charge is 0.481 e. The Hall–Kier alpha value is -2.12. The molecule has 1 amide bonds. The predicted molar refractivity (Wildman–Crippen MR) is 65.4 cm³/mol. The van der Waals surface area contributed by atoms with Crippen molar-refractivity contribution in [2.45, 2.75) is 13.1 Å². The summed E-state index contributed by atoms with van der Waals surface area (Å²) in [5, 5.41) is 9.00. The molecule has 21 heavy (non-hydrogen) atoms. The fraction of sp³-hybridized carbons (Fsp3) is 0.462. The van der Waals surface area contributed by atoms with Crippen LogP contribution in [0.1, 0.15) is 23.0 Å². The number of amides is 1. The maximum absolute atomic E-state index is 12.4. The van der Waals surface area contributed by atoms with E-state index < -0.39 is 29.5 Å². The lowest BCUT2D eigenvalue weighted by molar-refractivity contribution is -0.142. The van der Waals surface area contributed by atoms with Crippen LogP contribution in [0, 0.1) is 11.8 Å². The van der Waals surface area contributed by atoms with Gasteiger partial charge in [0.15, 0.2) is 0 Å². The molecule has 1 aliphatic heterocycles. The maximum atomic E-state index is 12.4. The molecular formula is C13H13F3N2O3. The molecule has 114 valence electrons. The van der Waals surface area contributed by atoms with Gasteiger partial charge in [-0.15, -0.1) is 0 Å². The van der Waals surface area contributed by atoms with Gasteiger partial charge in [0.2, 0.25) is 0 Å². The highest BCUT2D eigenvalue weighted by atomic mass is 19.4. The fourth-order valence-corrected chi connectivity index (χ4v) is 2.30. The summed E-state index contributed by atoms with van der Waals surface area (Å²) < 4.78 is 37.2. The lowest BCUT2D eigenvalue weighted by Crippen LogP contribution is -2.30. The minimum atomic E-state index is -4.51. The van der Waals surface area contributed by atoms with Gasteiger partial charge in [0.05, 0.1) is 11.5 Å². The molecule has 0 spiro atoms. The highest BCUT2D eigenvalue weighted by Crippen LogP contribution is 2.29. The van der Waals surface area contributed by atoms with Crippen LogP contribution in [0.2, 0.25) is 0 Å². The number of carbonyl (C=O) groups excluding carboxylic acids is 1. The van der Waals surface area contributed by atoms with Crippen LogP contribution in [0.3, 0.4) is 0 Å². The van der Waals surface area contributed by atoms with Crippen LogP contribution in [-0.2, 0) is 11.0 Å². The van der Waals surface area contributed by atoms with Crippen molar-refractivity contribution < 1.29 is 27.9 Å². The Labute approximate surface area is 118 Å². The summed E-state index contributed by atoms with van der Waals surface area (Å²) in [4.78, 5) is 27.9. The van der Waals surface area contributed by atoms with Gasteiger partial charge in [-0.05, 0) is 18.1 Å². The number of carboxylic acids is 1. The monoisotopic (exact) mass is 302 g/mol. The second-order valence-electron chi connectivity index (χ2n) is 5.06. The molecule has 1 N–H and O–H groups in total. The molecular weight excluding hydrogens is 289 g/mol. The first kappa shape index (κ1) is 15.3. The van der Waals surface area contributed by atoms with Gasteiger partial charge in [-0.1, -0.05) is 6.92 Å². The standard InChI is InChI=1S/C13H13F3N2O3/c1-7-5-18(6-9(7)12(20)21)11(19)10-3-2-8(4-17-10)13(14,15)16/h2-4,7,9H,5-6H2,1H3,(H,20,21)/t7-,9-/m1/s1. The van der Waals surface area contributed by atoms with E-state index in [1.54, 1.807) is 6.92 Å². The van der Waals surface area contributed by atoms with E-state index in [4.69, 9.17) is 5.11 Å². The predicted octanol–water partition coefficient (Wildman–Crippen LogP) is 1.89. The van der Waals surface area contributed by atoms with E-state index in [1.807, 2.05) is 0 Å². The normalized spacial score (nSPS) is 22.4. The zero-order chi connectivity index (χ0) is 15.8. The van der Waals surface area contributed by atoms with Crippen LogP contribution < -0.4 is 0 Å². The topological polar surface area (TPSA) is 70.5 Å². The molecule has 2 atom stereocenters. The molecule has 1 aromatic heterocycles. The smallest absolute Gasteiger partial charge is 0.417 e. The fourth-order valence-electron chi connectivity index (χ4n) is 2.30. The second kappa shape index (κ2) is 5.34. The van der Waals surface area contributed by atoms with Crippen molar-refractivity contribution in [1.29, 1.82) is 0 Å². The lowest BCUT2D eigenvalue weighted by Gasteiger charge is -2.15. The average molecular weight is 302 g/mol. The molecule has 0 aliphatic carbocycles. The van der Waals surface area contributed by atoms with Gasteiger partial charge in [0.25, 0.3) is 5.91 Å². The van der Waals surface area contributed by atoms with Crippen molar-refractivity contribution in [3.8, 4) is 0 Å². The van der Waals surface area contributed by atoms with Crippen LogP contribution in [0.25, 0.3) is 0 Å². The number of aliphatic carboxylic acids is 1. The highest BCUT2D eigenvalue weighted by Gasteiger charge is 2.38. The summed E-state index contributed by atoms with van der Waals surface area (Å²) in [6.07, 6.45) is -3.91. The van der Waals surface area contributed by atoms with Crippen LogP contribution >= 0.6 is 0 Å². The Morgan fingerprint density at radius 1 is 1.33 bits per heavy atom. The Kier molecular flexibility index (Phi) is 3.89. The molecule has 2 heterocycles. The number of nitrogens with zero attached hydrogens (tertiary/aromatic N) is 2. The second-order valence-corrected chi connectivity index (χ2v) is 5.06. The molecule has 1 saturated heterocycles. The third-order valence-corrected chi connectivity index (χ3v) is 3.53. The van der Waals surface area contributed by atoms with E-state index in [0.717, 1.165) is 12.1 Å². The zero-order valence-corrected chi connectivity index (χ0v) is 11.1. The molecule has 0 bridgehead atoms. The van der Waals surface area contributed by atoms with Gasteiger partial charge in [0, 0.05) is 19.3 Å². The number of alkyl halides is 3. The van der Waals surface area contributed by atoms with E-state index in [-0.39, 0.29) is 24.7 Å². The van der Waals surface area contributed by atoms with Crippen molar-refractivity contribution in [1.82, 2.24) is 9.88 Å². The first-order chi connectivity index (χ1) is 9.70. The zero-order valence-electron chi connectivity index (χ0n) is 11.1. The molecule has 0 unspecified atom stereocenters. The van der Waals surface area contributed by atoms with Crippen LogP contribution in [0.5, 0.6) is 0 Å². The summed E-state index contributed by atoms with van der Waals surface area (Å²) >= 11 is 0. The number of carbonyl (C=O) groups is 2. The van der Waals surface area contributed by atoms with Crippen molar-refractivity contribution in [3.63, 3.8) is 0 Å². The molecule has 5 nitrogen and oxygen atoms in total. The molecule has 2 rings (SSSR count). The first-order valence-electron chi connectivity index (χ1n) is 6.25. The quantitative estimate of drug-likeness (QED) is 0.905. The van der Waals surface area contributed by atoms with Crippen molar-refractivity contribution in [2.75, 3.05) is 13.1 Å². The first-order valence-corrected chi connectivity index (χ1v) is 6.25. The van der Waals surface area contributed by atoms with Gasteiger partial charge in [-0.3, -0.25) is 14.6 Å². The van der Waals surface area contributed by atoms with Gasteiger partial charge in [-0.25, -0.2) is 0 Å². The van der Waals surface area contributed by atoms with E-state index in [2.05, 4.69) is 4.98 Å². The Morgan fingerprint density at radius 2 is 2.00 bits per heavy atom. The number of hydrogen-bond donors (Lipinski definition) is 1. The number of rotatable bonds is 2.